The highest BCUT2D eigenvalue weighted by molar-refractivity contribution is 6.22. The SMILES string of the molecule is CC1(C)CCCC1C(Cl)c1ccc2c3c(cccc13)CC2. The Kier molecular flexibility index (Phi) is 3.08. The number of halogens is 1. The molecule has 0 aromatic heterocycles. The zero-order chi connectivity index (χ0) is 14.6. The second kappa shape index (κ2) is 4.74. The van der Waals surface area contributed by atoms with Crippen molar-refractivity contribution in [3.8, 4) is 0 Å². The van der Waals surface area contributed by atoms with Gasteiger partial charge in [-0.3, -0.25) is 0 Å². The first-order valence-electron chi connectivity index (χ1n) is 8.25. The van der Waals surface area contributed by atoms with E-state index in [-0.39, 0.29) is 5.38 Å². The minimum absolute atomic E-state index is 0.146. The summed E-state index contributed by atoms with van der Waals surface area (Å²) in [6.45, 7) is 4.78. The molecule has 2 atom stereocenters. The van der Waals surface area contributed by atoms with Crippen LogP contribution in [0.15, 0.2) is 30.3 Å². The summed E-state index contributed by atoms with van der Waals surface area (Å²) >= 11 is 7.00. The molecule has 1 heteroatoms. The van der Waals surface area contributed by atoms with Gasteiger partial charge in [-0.2, -0.15) is 0 Å². The largest absolute Gasteiger partial charge is 0.117 e. The fraction of sp³-hybridized carbons (Fsp3) is 0.500. The Morgan fingerprint density at radius 3 is 2.57 bits per heavy atom. The molecule has 0 N–H and O–H groups in total. The monoisotopic (exact) mass is 298 g/mol. The van der Waals surface area contributed by atoms with Gasteiger partial charge in [0.2, 0.25) is 0 Å². The smallest absolute Gasteiger partial charge is 0.0624 e. The number of benzene rings is 2. The van der Waals surface area contributed by atoms with Crippen molar-refractivity contribution in [1.29, 1.82) is 0 Å². The molecule has 2 aliphatic rings. The lowest BCUT2D eigenvalue weighted by atomic mass is 9.77. The van der Waals surface area contributed by atoms with E-state index >= 15 is 0 Å². The van der Waals surface area contributed by atoms with E-state index in [1.54, 1.807) is 0 Å². The number of hydrogen-bond acceptors (Lipinski definition) is 0. The van der Waals surface area contributed by atoms with Gasteiger partial charge in [-0.25, -0.2) is 0 Å². The van der Waals surface area contributed by atoms with E-state index in [2.05, 4.69) is 44.2 Å². The summed E-state index contributed by atoms with van der Waals surface area (Å²) in [5.74, 6) is 0.595. The normalized spacial score (nSPS) is 24.6. The van der Waals surface area contributed by atoms with Gasteiger partial charge in [-0.1, -0.05) is 50.6 Å². The maximum atomic E-state index is 7.00. The van der Waals surface area contributed by atoms with Gasteiger partial charge in [0.15, 0.2) is 0 Å². The predicted octanol–water partition coefficient (Wildman–Crippen LogP) is 6.04. The summed E-state index contributed by atoms with van der Waals surface area (Å²) in [4.78, 5) is 0. The van der Waals surface area contributed by atoms with Gasteiger partial charge in [-0.05, 0) is 64.5 Å². The molecule has 0 nitrogen and oxygen atoms in total. The highest BCUT2D eigenvalue weighted by Crippen LogP contribution is 2.52. The summed E-state index contributed by atoms with van der Waals surface area (Å²) in [5.41, 5.74) is 4.76. The average Bonchev–Trinajstić information content (AvgIpc) is 3.03. The van der Waals surface area contributed by atoms with E-state index in [1.807, 2.05) is 0 Å². The maximum absolute atomic E-state index is 7.00. The fourth-order valence-corrected chi connectivity index (χ4v) is 5.28. The molecule has 21 heavy (non-hydrogen) atoms. The first kappa shape index (κ1) is 13.6. The summed E-state index contributed by atoms with van der Waals surface area (Å²) in [5, 5.41) is 3.05. The third-order valence-electron chi connectivity index (χ3n) is 5.90. The van der Waals surface area contributed by atoms with Crippen molar-refractivity contribution in [1.82, 2.24) is 0 Å². The summed E-state index contributed by atoms with van der Waals surface area (Å²) < 4.78 is 0. The first-order chi connectivity index (χ1) is 10.1. The van der Waals surface area contributed by atoms with Crippen LogP contribution in [0, 0.1) is 11.3 Å². The zero-order valence-corrected chi connectivity index (χ0v) is 13.7. The average molecular weight is 299 g/mol. The minimum atomic E-state index is 0.146. The quantitative estimate of drug-likeness (QED) is 0.592. The molecular formula is C20H23Cl. The van der Waals surface area contributed by atoms with Crippen molar-refractivity contribution in [2.75, 3.05) is 0 Å². The van der Waals surface area contributed by atoms with Gasteiger partial charge in [-0.15, -0.1) is 11.6 Å². The molecule has 0 bridgehead atoms. The molecule has 0 aliphatic heterocycles. The molecule has 0 amide bonds. The molecule has 0 radical (unpaired) electrons. The third-order valence-corrected chi connectivity index (χ3v) is 6.44. The molecule has 0 spiro atoms. The van der Waals surface area contributed by atoms with Crippen LogP contribution in [0.5, 0.6) is 0 Å². The number of hydrogen-bond donors (Lipinski definition) is 0. The van der Waals surface area contributed by atoms with Crippen LogP contribution in [-0.2, 0) is 12.8 Å². The zero-order valence-electron chi connectivity index (χ0n) is 13.0. The molecule has 2 aromatic rings. The first-order valence-corrected chi connectivity index (χ1v) is 8.69. The second-order valence-electron chi connectivity index (χ2n) is 7.54. The van der Waals surface area contributed by atoms with Gasteiger partial charge < -0.3 is 0 Å². The Hall–Kier alpha value is -1.01. The molecule has 0 saturated heterocycles. The Morgan fingerprint density at radius 2 is 1.86 bits per heavy atom. The third kappa shape index (κ3) is 2.03. The van der Waals surface area contributed by atoms with Gasteiger partial charge in [0.25, 0.3) is 0 Å². The van der Waals surface area contributed by atoms with Crippen LogP contribution in [0.25, 0.3) is 10.8 Å². The van der Waals surface area contributed by atoms with E-state index in [0.29, 0.717) is 11.3 Å². The lowest BCUT2D eigenvalue weighted by Gasteiger charge is -2.31. The maximum Gasteiger partial charge on any atom is 0.0624 e. The van der Waals surface area contributed by atoms with Crippen LogP contribution in [0.3, 0.4) is 0 Å². The summed E-state index contributed by atoms with van der Waals surface area (Å²) in [6, 6.07) is 11.4. The molecule has 2 unspecified atom stereocenters. The van der Waals surface area contributed by atoms with E-state index in [4.69, 9.17) is 11.6 Å². The fourth-order valence-electron chi connectivity index (χ4n) is 4.62. The van der Waals surface area contributed by atoms with Crippen molar-refractivity contribution < 1.29 is 0 Å². The standard InChI is InChI=1S/C20H23Cl/c1-20(2)12-4-7-17(20)19(21)16-11-10-14-9-8-13-5-3-6-15(16)18(13)14/h3,5-6,10-11,17,19H,4,7-9,12H2,1-2H3. The topological polar surface area (TPSA) is 0 Å². The highest BCUT2D eigenvalue weighted by Gasteiger charge is 2.40. The van der Waals surface area contributed by atoms with Gasteiger partial charge in [0, 0.05) is 0 Å². The van der Waals surface area contributed by atoms with E-state index in [1.165, 1.54) is 59.6 Å². The van der Waals surface area contributed by atoms with Crippen molar-refractivity contribution in [3.63, 3.8) is 0 Å². The molecule has 2 aliphatic carbocycles. The van der Waals surface area contributed by atoms with Crippen LogP contribution >= 0.6 is 11.6 Å². The predicted molar refractivity (Wildman–Crippen MR) is 91.1 cm³/mol. The Morgan fingerprint density at radius 1 is 1.10 bits per heavy atom. The molecule has 0 heterocycles. The van der Waals surface area contributed by atoms with E-state index < -0.39 is 0 Å². The summed E-state index contributed by atoms with van der Waals surface area (Å²) in [6.07, 6.45) is 6.28. The molecular weight excluding hydrogens is 276 g/mol. The Bertz CT molecular complexity index is 688. The van der Waals surface area contributed by atoms with Gasteiger partial charge >= 0.3 is 0 Å². The van der Waals surface area contributed by atoms with Crippen LogP contribution in [0.1, 0.15) is 55.2 Å². The Labute approximate surface area is 132 Å². The van der Waals surface area contributed by atoms with Crippen molar-refractivity contribution >= 4 is 22.4 Å². The number of aryl methyl sites for hydroxylation is 2. The molecule has 1 fully saturated rings. The minimum Gasteiger partial charge on any atom is -0.117 e. The van der Waals surface area contributed by atoms with Crippen LogP contribution in [0.4, 0.5) is 0 Å². The van der Waals surface area contributed by atoms with E-state index in [0.717, 1.165) is 0 Å². The molecule has 1 saturated carbocycles. The van der Waals surface area contributed by atoms with Crippen LogP contribution in [-0.4, -0.2) is 0 Å². The van der Waals surface area contributed by atoms with Gasteiger partial charge in [0.05, 0.1) is 5.38 Å². The van der Waals surface area contributed by atoms with Gasteiger partial charge in [0.1, 0.15) is 0 Å². The van der Waals surface area contributed by atoms with Crippen molar-refractivity contribution in [2.24, 2.45) is 11.3 Å². The van der Waals surface area contributed by atoms with Crippen molar-refractivity contribution in [2.45, 2.75) is 51.3 Å². The van der Waals surface area contributed by atoms with Crippen molar-refractivity contribution in [3.05, 3.63) is 47.0 Å². The summed E-state index contributed by atoms with van der Waals surface area (Å²) in [7, 11) is 0. The van der Waals surface area contributed by atoms with Crippen LogP contribution in [0.2, 0.25) is 0 Å². The van der Waals surface area contributed by atoms with Crippen LogP contribution < -0.4 is 0 Å². The lowest BCUT2D eigenvalue weighted by molar-refractivity contribution is 0.252. The molecule has 110 valence electrons. The second-order valence-corrected chi connectivity index (χ2v) is 8.01. The molecule has 4 rings (SSSR count). The number of alkyl halides is 1. The number of rotatable bonds is 2. The lowest BCUT2D eigenvalue weighted by Crippen LogP contribution is -2.21. The molecule has 2 aromatic carbocycles. The van der Waals surface area contributed by atoms with E-state index in [9.17, 15) is 0 Å². The highest BCUT2D eigenvalue weighted by atomic mass is 35.5. The Balaban J connectivity index is 1.85.